The minimum atomic E-state index is 0.0688. The molecule has 0 aliphatic rings. The second kappa shape index (κ2) is 7.12. The standard InChI is InChI=1S/C16H16N2O4/c1-21-15-7-11(3-5-13(15)19)9-17-18-10-12-4-6-14(20)16(8-12)22-2/h3-10,19-20H,1-2H3/b17-9-,18-10-. The maximum atomic E-state index is 9.50. The lowest BCUT2D eigenvalue weighted by Gasteiger charge is -2.03. The van der Waals surface area contributed by atoms with Crippen LogP contribution in [0.5, 0.6) is 23.0 Å². The van der Waals surface area contributed by atoms with E-state index < -0.39 is 0 Å². The van der Waals surface area contributed by atoms with Gasteiger partial charge in [-0.2, -0.15) is 10.2 Å². The zero-order valence-electron chi connectivity index (χ0n) is 12.2. The molecule has 2 rings (SSSR count). The number of ether oxygens (including phenoxy) is 2. The van der Waals surface area contributed by atoms with Gasteiger partial charge in [0.15, 0.2) is 23.0 Å². The van der Waals surface area contributed by atoms with Crippen molar-refractivity contribution in [3.8, 4) is 23.0 Å². The van der Waals surface area contributed by atoms with Crippen molar-refractivity contribution in [2.45, 2.75) is 0 Å². The van der Waals surface area contributed by atoms with E-state index in [4.69, 9.17) is 9.47 Å². The lowest BCUT2D eigenvalue weighted by molar-refractivity contribution is 0.373. The van der Waals surface area contributed by atoms with Crippen molar-refractivity contribution >= 4 is 12.4 Å². The Morgan fingerprint density at radius 1 is 0.773 bits per heavy atom. The van der Waals surface area contributed by atoms with E-state index in [2.05, 4.69) is 10.2 Å². The number of hydrogen-bond acceptors (Lipinski definition) is 6. The third kappa shape index (κ3) is 3.76. The lowest BCUT2D eigenvalue weighted by Crippen LogP contribution is -1.88. The molecule has 6 heteroatoms. The van der Waals surface area contributed by atoms with Crippen molar-refractivity contribution in [2.75, 3.05) is 14.2 Å². The normalized spacial score (nSPS) is 11.2. The van der Waals surface area contributed by atoms with Crippen LogP contribution in [0, 0.1) is 0 Å². The van der Waals surface area contributed by atoms with Gasteiger partial charge in [-0.25, -0.2) is 0 Å². The summed E-state index contributed by atoms with van der Waals surface area (Å²) in [5.74, 6) is 0.881. The van der Waals surface area contributed by atoms with Gasteiger partial charge in [0.2, 0.25) is 0 Å². The average molecular weight is 300 g/mol. The summed E-state index contributed by atoms with van der Waals surface area (Å²) in [4.78, 5) is 0. The SMILES string of the molecule is COc1cc(/C=N\N=C/c2ccc(O)c(OC)c2)ccc1O. The second-order valence-electron chi connectivity index (χ2n) is 4.35. The zero-order valence-corrected chi connectivity index (χ0v) is 12.2. The van der Waals surface area contributed by atoms with Crippen LogP contribution < -0.4 is 9.47 Å². The molecule has 22 heavy (non-hydrogen) atoms. The van der Waals surface area contributed by atoms with Crippen LogP contribution in [-0.2, 0) is 0 Å². The van der Waals surface area contributed by atoms with Gasteiger partial charge in [-0.15, -0.1) is 0 Å². The number of hydrogen-bond donors (Lipinski definition) is 2. The fraction of sp³-hybridized carbons (Fsp3) is 0.125. The highest BCUT2D eigenvalue weighted by molar-refractivity contribution is 5.83. The third-order valence-electron chi connectivity index (χ3n) is 2.89. The molecule has 0 aliphatic carbocycles. The van der Waals surface area contributed by atoms with Crippen LogP contribution in [0.1, 0.15) is 11.1 Å². The molecule has 6 nitrogen and oxygen atoms in total. The van der Waals surface area contributed by atoms with Crippen LogP contribution >= 0.6 is 0 Å². The molecule has 0 bridgehead atoms. The number of benzene rings is 2. The van der Waals surface area contributed by atoms with Crippen LogP contribution in [-0.4, -0.2) is 36.9 Å². The topological polar surface area (TPSA) is 83.6 Å². The summed E-state index contributed by atoms with van der Waals surface area (Å²) in [5, 5.41) is 26.8. The molecule has 0 fully saturated rings. The summed E-state index contributed by atoms with van der Waals surface area (Å²) in [7, 11) is 2.96. The zero-order chi connectivity index (χ0) is 15.9. The molecule has 2 N–H and O–H groups in total. The number of methoxy groups -OCH3 is 2. The van der Waals surface area contributed by atoms with Gasteiger partial charge in [-0.05, 0) is 47.5 Å². The first-order chi connectivity index (χ1) is 10.6. The summed E-state index contributed by atoms with van der Waals surface area (Å²) < 4.78 is 10.0. The Morgan fingerprint density at radius 3 is 1.55 bits per heavy atom. The van der Waals surface area contributed by atoms with Crippen molar-refractivity contribution < 1.29 is 19.7 Å². The Balaban J connectivity index is 2.08. The fourth-order valence-corrected chi connectivity index (χ4v) is 1.75. The van der Waals surface area contributed by atoms with Crippen molar-refractivity contribution in [1.29, 1.82) is 0 Å². The molecule has 0 heterocycles. The number of aromatic hydroxyl groups is 2. The van der Waals surface area contributed by atoms with Crippen LogP contribution in [0.4, 0.5) is 0 Å². The monoisotopic (exact) mass is 300 g/mol. The van der Waals surface area contributed by atoms with Gasteiger partial charge in [-0.3, -0.25) is 0 Å². The molecule has 0 atom stereocenters. The largest absolute Gasteiger partial charge is 0.504 e. The van der Waals surface area contributed by atoms with E-state index in [0.717, 1.165) is 11.1 Å². The first-order valence-electron chi connectivity index (χ1n) is 6.44. The fourth-order valence-electron chi connectivity index (χ4n) is 1.75. The minimum Gasteiger partial charge on any atom is -0.504 e. The molecular weight excluding hydrogens is 284 g/mol. The number of nitrogens with zero attached hydrogens (tertiary/aromatic N) is 2. The maximum absolute atomic E-state index is 9.50. The van der Waals surface area contributed by atoms with Gasteiger partial charge in [0.1, 0.15) is 0 Å². The molecule has 0 spiro atoms. The van der Waals surface area contributed by atoms with E-state index >= 15 is 0 Å². The summed E-state index contributed by atoms with van der Waals surface area (Å²) >= 11 is 0. The van der Waals surface area contributed by atoms with Crippen LogP contribution in [0.25, 0.3) is 0 Å². The first-order valence-corrected chi connectivity index (χ1v) is 6.44. The molecule has 0 radical (unpaired) electrons. The quantitative estimate of drug-likeness (QED) is 0.656. The number of phenolic OH excluding ortho intramolecular Hbond substituents is 2. The maximum Gasteiger partial charge on any atom is 0.161 e. The molecule has 0 amide bonds. The molecule has 0 saturated carbocycles. The summed E-state index contributed by atoms with van der Waals surface area (Å²) in [6.07, 6.45) is 3.08. The predicted octanol–water partition coefficient (Wildman–Crippen LogP) is 2.57. The molecule has 2 aromatic carbocycles. The van der Waals surface area contributed by atoms with Gasteiger partial charge >= 0.3 is 0 Å². The van der Waals surface area contributed by atoms with E-state index in [0.29, 0.717) is 11.5 Å². The molecule has 0 unspecified atom stereocenters. The highest BCUT2D eigenvalue weighted by atomic mass is 16.5. The number of phenols is 2. The van der Waals surface area contributed by atoms with E-state index in [1.165, 1.54) is 38.8 Å². The Kier molecular flexibility index (Phi) is 4.98. The summed E-state index contributed by atoms with van der Waals surface area (Å²) in [5.41, 5.74) is 1.49. The van der Waals surface area contributed by atoms with E-state index in [-0.39, 0.29) is 11.5 Å². The van der Waals surface area contributed by atoms with Crippen LogP contribution in [0.2, 0.25) is 0 Å². The van der Waals surface area contributed by atoms with Crippen molar-refractivity contribution in [1.82, 2.24) is 0 Å². The average Bonchev–Trinajstić information content (AvgIpc) is 2.54. The van der Waals surface area contributed by atoms with Crippen molar-refractivity contribution in [3.05, 3.63) is 47.5 Å². The van der Waals surface area contributed by atoms with Crippen molar-refractivity contribution in [2.24, 2.45) is 10.2 Å². The first kappa shape index (κ1) is 15.4. The number of rotatable bonds is 5. The van der Waals surface area contributed by atoms with Crippen LogP contribution in [0.3, 0.4) is 0 Å². The highest BCUT2D eigenvalue weighted by Gasteiger charge is 2.01. The van der Waals surface area contributed by atoms with Gasteiger partial charge in [0.05, 0.1) is 26.6 Å². The van der Waals surface area contributed by atoms with Gasteiger partial charge < -0.3 is 19.7 Å². The molecule has 0 saturated heterocycles. The predicted molar refractivity (Wildman–Crippen MR) is 84.5 cm³/mol. The molecule has 2 aromatic rings. The Labute approximate surface area is 128 Å². The Morgan fingerprint density at radius 2 is 1.18 bits per heavy atom. The summed E-state index contributed by atoms with van der Waals surface area (Å²) in [6.45, 7) is 0. The minimum absolute atomic E-state index is 0.0688. The Hall–Kier alpha value is -3.02. The van der Waals surface area contributed by atoms with E-state index in [1.807, 2.05) is 0 Å². The van der Waals surface area contributed by atoms with E-state index in [9.17, 15) is 10.2 Å². The van der Waals surface area contributed by atoms with Gasteiger partial charge in [0.25, 0.3) is 0 Å². The molecular formula is C16H16N2O4. The van der Waals surface area contributed by atoms with Crippen molar-refractivity contribution in [3.63, 3.8) is 0 Å². The second-order valence-corrected chi connectivity index (χ2v) is 4.35. The smallest absolute Gasteiger partial charge is 0.161 e. The molecule has 114 valence electrons. The Bertz CT molecular complexity index is 650. The molecule has 0 aromatic heterocycles. The van der Waals surface area contributed by atoms with E-state index in [1.54, 1.807) is 24.3 Å². The summed E-state index contributed by atoms with van der Waals surface area (Å²) in [6, 6.07) is 9.74. The van der Waals surface area contributed by atoms with Gasteiger partial charge in [0, 0.05) is 0 Å². The van der Waals surface area contributed by atoms with Crippen LogP contribution in [0.15, 0.2) is 46.6 Å². The lowest BCUT2D eigenvalue weighted by atomic mass is 10.2. The molecule has 0 aliphatic heterocycles. The third-order valence-corrected chi connectivity index (χ3v) is 2.89. The van der Waals surface area contributed by atoms with Gasteiger partial charge in [-0.1, -0.05) is 0 Å². The highest BCUT2D eigenvalue weighted by Crippen LogP contribution is 2.26.